The van der Waals surface area contributed by atoms with E-state index in [1.165, 1.54) is 0 Å². The molecular formula is C20H30N5O4+. The highest BCUT2D eigenvalue weighted by atomic mass is 16.2. The molecule has 158 valence electrons. The molecule has 0 saturated carbocycles. The van der Waals surface area contributed by atoms with Gasteiger partial charge in [-0.15, -0.1) is 0 Å². The monoisotopic (exact) mass is 404 g/mol. The van der Waals surface area contributed by atoms with Gasteiger partial charge in [0.05, 0.1) is 6.54 Å². The number of carbonyl (C=O) groups is 4. The van der Waals surface area contributed by atoms with E-state index in [1.807, 2.05) is 44.2 Å². The van der Waals surface area contributed by atoms with Gasteiger partial charge in [-0.2, -0.15) is 5.01 Å². The molecule has 0 bridgehead atoms. The molecule has 1 unspecified atom stereocenters. The van der Waals surface area contributed by atoms with Gasteiger partial charge in [0.15, 0.2) is 13.1 Å². The topological polar surface area (TPSA) is 112 Å². The largest absolute Gasteiger partial charge is 0.351 e. The van der Waals surface area contributed by atoms with Crippen LogP contribution in [0.2, 0.25) is 0 Å². The van der Waals surface area contributed by atoms with Crippen molar-refractivity contribution in [2.24, 2.45) is 0 Å². The Morgan fingerprint density at radius 3 is 2.38 bits per heavy atom. The number of nitrogens with zero attached hydrogens (tertiary/aromatic N) is 1. The first kappa shape index (κ1) is 22.4. The number of benzene rings is 1. The van der Waals surface area contributed by atoms with Gasteiger partial charge in [0.1, 0.15) is 5.54 Å². The molecule has 1 fully saturated rings. The minimum atomic E-state index is -1.08. The molecule has 2 rings (SSSR count). The highest BCUT2D eigenvalue weighted by Crippen LogP contribution is 2.22. The standard InChI is InChI=1S/C20H29N5O4/c1-4-21-16(26)13-24(5-2)14-17(27)23-25-18(28)20(3,22-19(25)29)12-11-15-9-7-6-8-10-15/h6-10H,4-5,11-14H2,1-3H3,(H,21,26)(H,22,29)(H,23,27)/p+1/t20-/m1/s1. The Labute approximate surface area is 170 Å². The lowest BCUT2D eigenvalue weighted by Crippen LogP contribution is -3.14. The molecule has 4 N–H and O–H groups in total. The van der Waals surface area contributed by atoms with Crippen molar-refractivity contribution in [2.45, 2.75) is 39.2 Å². The van der Waals surface area contributed by atoms with Gasteiger partial charge in [-0.1, -0.05) is 30.3 Å². The Morgan fingerprint density at radius 1 is 1.10 bits per heavy atom. The molecule has 1 aromatic rings. The molecule has 0 aromatic heterocycles. The Bertz CT molecular complexity index is 754. The molecule has 1 aromatic carbocycles. The summed E-state index contributed by atoms with van der Waals surface area (Å²) >= 11 is 0. The zero-order chi connectivity index (χ0) is 21.4. The number of likely N-dealkylation sites (N-methyl/N-ethyl adjacent to an activating group) is 2. The maximum atomic E-state index is 12.8. The zero-order valence-corrected chi connectivity index (χ0v) is 17.2. The van der Waals surface area contributed by atoms with Gasteiger partial charge in [-0.05, 0) is 39.2 Å². The van der Waals surface area contributed by atoms with Crippen molar-refractivity contribution < 1.29 is 24.1 Å². The van der Waals surface area contributed by atoms with Crippen molar-refractivity contribution in [2.75, 3.05) is 26.2 Å². The van der Waals surface area contributed by atoms with E-state index >= 15 is 0 Å². The van der Waals surface area contributed by atoms with Crippen LogP contribution in [0.4, 0.5) is 4.79 Å². The van der Waals surface area contributed by atoms with E-state index in [4.69, 9.17) is 0 Å². The van der Waals surface area contributed by atoms with Gasteiger partial charge in [0.2, 0.25) is 0 Å². The number of urea groups is 1. The summed E-state index contributed by atoms with van der Waals surface area (Å²) in [4.78, 5) is 49.8. The van der Waals surface area contributed by atoms with E-state index in [2.05, 4.69) is 16.1 Å². The molecule has 0 spiro atoms. The predicted octanol–water partition coefficient (Wildman–Crippen LogP) is -0.998. The van der Waals surface area contributed by atoms with Crippen LogP contribution >= 0.6 is 0 Å². The summed E-state index contributed by atoms with van der Waals surface area (Å²) in [7, 11) is 0. The molecule has 1 saturated heterocycles. The number of nitrogens with one attached hydrogen (secondary N) is 4. The number of hydrogen-bond donors (Lipinski definition) is 4. The zero-order valence-electron chi connectivity index (χ0n) is 17.2. The Hall–Kier alpha value is -2.94. The summed E-state index contributed by atoms with van der Waals surface area (Å²) in [5.74, 6) is -1.14. The molecule has 9 nitrogen and oxygen atoms in total. The third kappa shape index (κ3) is 6.02. The first-order valence-electron chi connectivity index (χ1n) is 9.89. The maximum Gasteiger partial charge on any atom is 0.344 e. The smallest absolute Gasteiger partial charge is 0.344 e. The van der Waals surface area contributed by atoms with Crippen LogP contribution in [0.1, 0.15) is 32.8 Å². The summed E-state index contributed by atoms with van der Waals surface area (Å²) < 4.78 is 0. The predicted molar refractivity (Wildman–Crippen MR) is 107 cm³/mol. The van der Waals surface area contributed by atoms with Crippen LogP contribution in [0.25, 0.3) is 0 Å². The lowest BCUT2D eigenvalue weighted by molar-refractivity contribution is -0.881. The Kier molecular flexibility index (Phi) is 7.72. The molecule has 29 heavy (non-hydrogen) atoms. The minimum Gasteiger partial charge on any atom is -0.351 e. The van der Waals surface area contributed by atoms with Crippen LogP contribution in [0.15, 0.2) is 30.3 Å². The van der Waals surface area contributed by atoms with Crippen molar-refractivity contribution in [1.82, 2.24) is 21.1 Å². The summed E-state index contributed by atoms with van der Waals surface area (Å²) in [6.45, 7) is 6.53. The first-order chi connectivity index (χ1) is 13.8. The van der Waals surface area contributed by atoms with Crippen molar-refractivity contribution >= 4 is 23.8 Å². The highest BCUT2D eigenvalue weighted by Gasteiger charge is 2.48. The van der Waals surface area contributed by atoms with Gasteiger partial charge in [0, 0.05) is 6.54 Å². The number of rotatable bonds is 10. The molecule has 5 amide bonds. The van der Waals surface area contributed by atoms with Crippen molar-refractivity contribution in [3.05, 3.63) is 35.9 Å². The lowest BCUT2D eigenvalue weighted by Gasteiger charge is -2.22. The fourth-order valence-electron chi connectivity index (χ4n) is 3.18. The lowest BCUT2D eigenvalue weighted by atomic mass is 9.93. The molecule has 0 aliphatic carbocycles. The molecule has 1 heterocycles. The fraction of sp³-hybridized carbons (Fsp3) is 0.500. The number of amides is 5. The fourth-order valence-corrected chi connectivity index (χ4v) is 3.18. The highest BCUT2D eigenvalue weighted by molar-refractivity contribution is 6.07. The second kappa shape index (κ2) is 10.0. The van der Waals surface area contributed by atoms with E-state index < -0.39 is 23.4 Å². The van der Waals surface area contributed by atoms with Gasteiger partial charge in [0.25, 0.3) is 17.7 Å². The van der Waals surface area contributed by atoms with Crippen LogP contribution in [0.5, 0.6) is 0 Å². The minimum absolute atomic E-state index is 0.0224. The van der Waals surface area contributed by atoms with Crippen LogP contribution in [-0.2, 0) is 20.8 Å². The third-order valence-corrected chi connectivity index (χ3v) is 4.95. The number of hydrazine groups is 1. The Balaban J connectivity index is 1.92. The first-order valence-corrected chi connectivity index (χ1v) is 9.89. The molecular weight excluding hydrogens is 374 g/mol. The van der Waals surface area contributed by atoms with Gasteiger partial charge in [-0.3, -0.25) is 19.8 Å². The van der Waals surface area contributed by atoms with E-state index in [0.29, 0.717) is 25.9 Å². The second-order valence-corrected chi connectivity index (χ2v) is 7.33. The van der Waals surface area contributed by atoms with Gasteiger partial charge < -0.3 is 15.5 Å². The molecule has 0 radical (unpaired) electrons. The van der Waals surface area contributed by atoms with Crippen LogP contribution in [0, 0.1) is 0 Å². The number of carbonyl (C=O) groups excluding carboxylic acids is 4. The van der Waals surface area contributed by atoms with Gasteiger partial charge >= 0.3 is 6.03 Å². The Morgan fingerprint density at radius 2 is 1.76 bits per heavy atom. The molecule has 1 aliphatic heterocycles. The van der Waals surface area contributed by atoms with E-state index in [-0.39, 0.29) is 19.0 Å². The normalized spacial score (nSPS) is 19.6. The van der Waals surface area contributed by atoms with E-state index in [0.717, 1.165) is 15.5 Å². The molecule has 9 heteroatoms. The van der Waals surface area contributed by atoms with Crippen LogP contribution < -0.4 is 21.0 Å². The van der Waals surface area contributed by atoms with Crippen molar-refractivity contribution in [1.29, 1.82) is 0 Å². The number of hydrogen-bond acceptors (Lipinski definition) is 4. The molecule has 2 atom stereocenters. The van der Waals surface area contributed by atoms with Crippen LogP contribution in [-0.4, -0.2) is 60.5 Å². The maximum absolute atomic E-state index is 12.8. The SMILES string of the molecule is CCNC(=O)C[NH+](CC)CC(=O)NN1C(=O)N[C@](C)(CCc2ccccc2)C1=O. The summed E-state index contributed by atoms with van der Waals surface area (Å²) in [5, 5.41) is 6.11. The summed E-state index contributed by atoms with van der Waals surface area (Å²) in [6, 6.07) is 9.02. The second-order valence-electron chi connectivity index (χ2n) is 7.33. The number of quaternary nitrogens is 1. The van der Waals surface area contributed by atoms with Crippen molar-refractivity contribution in [3.8, 4) is 0 Å². The number of aryl methyl sites for hydroxylation is 1. The summed E-state index contributed by atoms with van der Waals surface area (Å²) in [6.07, 6.45) is 1.03. The average molecular weight is 404 g/mol. The van der Waals surface area contributed by atoms with Crippen molar-refractivity contribution in [3.63, 3.8) is 0 Å². The third-order valence-electron chi connectivity index (χ3n) is 4.95. The van der Waals surface area contributed by atoms with E-state index in [9.17, 15) is 19.2 Å². The van der Waals surface area contributed by atoms with Gasteiger partial charge in [-0.25, -0.2) is 4.79 Å². The van der Waals surface area contributed by atoms with Crippen LogP contribution in [0.3, 0.4) is 0 Å². The van der Waals surface area contributed by atoms with E-state index in [1.54, 1.807) is 6.92 Å². The average Bonchev–Trinajstić information content (AvgIpc) is 2.90. The summed E-state index contributed by atoms with van der Waals surface area (Å²) in [5.41, 5.74) is 2.36. The quantitative estimate of drug-likeness (QED) is 0.375. The number of imide groups is 1. The molecule has 1 aliphatic rings.